The maximum atomic E-state index is 6.00. The number of hydrogen-bond acceptors (Lipinski definition) is 1. The van der Waals surface area contributed by atoms with Gasteiger partial charge in [-0.3, -0.25) is 4.98 Å². The Morgan fingerprint density at radius 3 is 1.33 bits per heavy atom. The van der Waals surface area contributed by atoms with Gasteiger partial charge in [0.1, 0.15) is 7.47 Å². The molecule has 0 aliphatic heterocycles. The van der Waals surface area contributed by atoms with Gasteiger partial charge in [-0.05, 0) is 0 Å². The Hall–Kier alpha value is 1.94. The van der Waals surface area contributed by atoms with Crippen LogP contribution >= 0.6 is 98.5 Å². The van der Waals surface area contributed by atoms with Gasteiger partial charge < -0.3 is 0 Å². The van der Waals surface area contributed by atoms with Crippen LogP contribution in [0.3, 0.4) is 0 Å². The minimum Gasteiger partial charge on any atom is -0.250 e. The molecule has 0 fully saturated rings. The minimum atomic E-state index is -0.176. The molecule has 0 amide bonds. The molecule has 0 N–H and O–H groups in total. The Morgan fingerprint density at radius 1 is 0.733 bits per heavy atom. The molecule has 0 atom stereocenters. The zero-order valence-electron chi connectivity index (χ0n) is 6.75. The van der Waals surface area contributed by atoms with Crippen molar-refractivity contribution >= 4 is 98.5 Å². The molecule has 1 nitrogen and oxygen atoms in total. The van der Waals surface area contributed by atoms with Gasteiger partial charge in [0.25, 0.3) is 0 Å². The summed E-state index contributed by atoms with van der Waals surface area (Å²) in [6, 6.07) is 0. The first kappa shape index (κ1) is 15.0. The highest BCUT2D eigenvalue weighted by Gasteiger charge is 2.21. The maximum absolute atomic E-state index is 6.00. The minimum absolute atomic E-state index is 0.176. The quantitative estimate of drug-likeness (QED) is 0.395. The third-order valence-corrected chi connectivity index (χ3v) is 4.56. The first-order valence-electron chi connectivity index (χ1n) is 3.46. The van der Waals surface area contributed by atoms with Crippen molar-refractivity contribution in [3.63, 3.8) is 0 Å². The molecule has 0 aliphatic carbocycles. The Kier molecular flexibility index (Phi) is 6.21. The molecular weight excluding hydrogens is 524 g/mol. The lowest BCUT2D eigenvalue weighted by Gasteiger charge is -2.12. The van der Waals surface area contributed by atoms with Gasteiger partial charge in [0.05, 0.1) is 26.5 Å². The zero-order valence-corrected chi connectivity index (χ0v) is 15.4. The van der Waals surface area contributed by atoms with Gasteiger partial charge in [-0.15, -0.1) is 0 Å². The lowest BCUT2D eigenvalue weighted by Crippen LogP contribution is -1.98. The van der Waals surface area contributed by atoms with E-state index in [0.29, 0.717) is 26.5 Å². The number of rotatable bonds is 2. The maximum Gasteiger partial charge on any atom is 0.113 e. The number of pyridine rings is 1. The molecule has 0 unspecified atom stereocenters. The van der Waals surface area contributed by atoms with E-state index >= 15 is 0 Å². The van der Waals surface area contributed by atoms with Crippen LogP contribution in [0.15, 0.2) is 0 Å². The van der Waals surface area contributed by atoms with E-state index in [-0.39, 0.29) is 7.47 Å². The first-order chi connectivity index (χ1) is 6.86. The van der Waals surface area contributed by atoms with Crippen LogP contribution < -0.4 is 0 Å². The summed E-state index contributed by atoms with van der Waals surface area (Å²) in [5.41, 5.74) is 1.18. The summed E-state index contributed by atoms with van der Waals surface area (Å²) in [6.45, 7) is 0. The molecule has 1 rings (SSSR count). The summed E-state index contributed by atoms with van der Waals surface area (Å²) < 4.78 is -0.352. The molecule has 15 heavy (non-hydrogen) atoms. The average Bonchev–Trinajstić information content (AvgIpc) is 2.13. The van der Waals surface area contributed by atoms with E-state index in [0.717, 1.165) is 0 Å². The SMILES string of the molecule is Clc1c(C(Br)Br)nc(C(Br)Br)c(Cl)c1Cl. The molecule has 0 saturated carbocycles. The third kappa shape index (κ3) is 3.46. The molecule has 1 heterocycles. The second-order valence-electron chi connectivity index (χ2n) is 2.43. The molecule has 0 aliphatic rings. The number of hydrogen-bond donors (Lipinski definition) is 0. The van der Waals surface area contributed by atoms with Crippen molar-refractivity contribution in [1.82, 2.24) is 4.98 Å². The molecule has 84 valence electrons. The normalized spacial score (nSPS) is 11.5. The van der Waals surface area contributed by atoms with E-state index in [1.54, 1.807) is 0 Å². The lowest BCUT2D eigenvalue weighted by molar-refractivity contribution is 1.10. The molecule has 0 aromatic carbocycles. The summed E-state index contributed by atoms with van der Waals surface area (Å²) >= 11 is 31.2. The monoisotopic (exact) mass is 521 g/mol. The summed E-state index contributed by atoms with van der Waals surface area (Å²) in [7, 11) is 0. The van der Waals surface area contributed by atoms with Gasteiger partial charge in [0.15, 0.2) is 0 Å². The van der Waals surface area contributed by atoms with Gasteiger partial charge in [-0.2, -0.15) is 0 Å². The Labute approximate surface area is 136 Å². The van der Waals surface area contributed by atoms with E-state index in [1.165, 1.54) is 0 Å². The zero-order chi connectivity index (χ0) is 11.7. The van der Waals surface area contributed by atoms with Crippen molar-refractivity contribution in [2.45, 2.75) is 7.47 Å². The highest BCUT2D eigenvalue weighted by Crippen LogP contribution is 2.44. The second kappa shape index (κ2) is 6.21. The summed E-state index contributed by atoms with van der Waals surface area (Å²) in [4.78, 5) is 4.30. The standard InChI is InChI=1S/C7H2Br4Cl3N/c8-6(9)4-2(13)1(12)3(14)5(15-4)7(10)11/h6-7H. The smallest absolute Gasteiger partial charge is 0.113 e. The van der Waals surface area contributed by atoms with E-state index in [4.69, 9.17) is 34.8 Å². The first-order valence-corrected chi connectivity index (χ1v) is 8.26. The van der Waals surface area contributed by atoms with Crippen LogP contribution in [-0.2, 0) is 0 Å². The average molecular weight is 526 g/mol. The number of nitrogens with zero attached hydrogens (tertiary/aromatic N) is 1. The van der Waals surface area contributed by atoms with Crippen LogP contribution in [0.1, 0.15) is 18.9 Å². The largest absolute Gasteiger partial charge is 0.250 e. The van der Waals surface area contributed by atoms with Gasteiger partial charge in [-0.1, -0.05) is 98.5 Å². The predicted molar refractivity (Wildman–Crippen MR) is 80.5 cm³/mol. The van der Waals surface area contributed by atoms with Crippen LogP contribution in [0.2, 0.25) is 15.1 Å². The molecule has 0 bridgehead atoms. The van der Waals surface area contributed by atoms with Crippen molar-refractivity contribution in [1.29, 1.82) is 0 Å². The van der Waals surface area contributed by atoms with Crippen molar-refractivity contribution in [3.05, 3.63) is 26.5 Å². The Bertz CT molecular complexity index is 351. The van der Waals surface area contributed by atoms with Crippen LogP contribution in [0.25, 0.3) is 0 Å². The van der Waals surface area contributed by atoms with E-state index in [9.17, 15) is 0 Å². The van der Waals surface area contributed by atoms with Crippen LogP contribution in [0, 0.1) is 0 Å². The number of halogens is 7. The Morgan fingerprint density at radius 2 is 1.07 bits per heavy atom. The molecule has 0 spiro atoms. The third-order valence-electron chi connectivity index (χ3n) is 1.49. The van der Waals surface area contributed by atoms with Crippen molar-refractivity contribution in [3.8, 4) is 0 Å². The molecule has 0 saturated heterocycles. The van der Waals surface area contributed by atoms with Crippen LogP contribution in [0.4, 0.5) is 0 Å². The second-order valence-corrected chi connectivity index (χ2v) is 9.68. The molecule has 1 aromatic heterocycles. The van der Waals surface area contributed by atoms with Gasteiger partial charge in [0.2, 0.25) is 0 Å². The highest BCUT2D eigenvalue weighted by atomic mass is 79.9. The topological polar surface area (TPSA) is 12.9 Å². The van der Waals surface area contributed by atoms with Gasteiger partial charge in [0, 0.05) is 0 Å². The lowest BCUT2D eigenvalue weighted by atomic mass is 10.3. The summed E-state index contributed by atoms with van der Waals surface area (Å²) in [5, 5.41) is 0.973. The fourth-order valence-corrected chi connectivity index (χ4v) is 3.42. The molecular formula is C7H2Br4Cl3N. The summed E-state index contributed by atoms with van der Waals surface area (Å²) in [6.07, 6.45) is 0. The number of aromatic nitrogens is 1. The fraction of sp³-hybridized carbons (Fsp3) is 0.286. The highest BCUT2D eigenvalue weighted by molar-refractivity contribution is 9.24. The van der Waals surface area contributed by atoms with Crippen LogP contribution in [0.5, 0.6) is 0 Å². The number of alkyl halides is 4. The molecule has 0 radical (unpaired) electrons. The van der Waals surface area contributed by atoms with Crippen molar-refractivity contribution in [2.75, 3.05) is 0 Å². The molecule has 1 aromatic rings. The predicted octanol–water partition coefficient (Wildman–Crippen LogP) is 6.62. The van der Waals surface area contributed by atoms with E-state index in [1.807, 2.05) is 0 Å². The molecule has 8 heteroatoms. The summed E-state index contributed by atoms with van der Waals surface area (Å²) in [5.74, 6) is 0. The van der Waals surface area contributed by atoms with Crippen LogP contribution in [-0.4, -0.2) is 4.98 Å². The van der Waals surface area contributed by atoms with Gasteiger partial charge in [-0.25, -0.2) is 0 Å². The van der Waals surface area contributed by atoms with E-state index < -0.39 is 0 Å². The Balaban J connectivity index is 3.45. The van der Waals surface area contributed by atoms with Gasteiger partial charge >= 0.3 is 0 Å². The van der Waals surface area contributed by atoms with E-state index in [2.05, 4.69) is 68.7 Å². The van der Waals surface area contributed by atoms with Crippen molar-refractivity contribution in [2.24, 2.45) is 0 Å². The van der Waals surface area contributed by atoms with Crippen molar-refractivity contribution < 1.29 is 0 Å². The fourth-order valence-electron chi connectivity index (χ4n) is 0.838.